The zero-order chi connectivity index (χ0) is 19.2. The van der Waals surface area contributed by atoms with Gasteiger partial charge in [-0.15, -0.1) is 0 Å². The minimum atomic E-state index is -3.59. The Balaban J connectivity index is 1.98. The topological polar surface area (TPSA) is 87.7 Å². The largest absolute Gasteiger partial charge is 0.373 e. The average Bonchev–Trinajstić information content (AvgIpc) is 2.60. The summed E-state index contributed by atoms with van der Waals surface area (Å²) in [6.07, 6.45) is 0.768. The zero-order valence-corrected chi connectivity index (χ0v) is 16.5. The molecule has 26 heavy (non-hydrogen) atoms. The smallest absolute Gasteiger partial charge is 0.251 e. The lowest BCUT2D eigenvalue weighted by atomic mass is 10.2. The maximum Gasteiger partial charge on any atom is 0.251 e. The summed E-state index contributed by atoms with van der Waals surface area (Å²) in [7, 11) is -3.59. The molecule has 2 atom stereocenters. The Morgan fingerprint density at radius 1 is 1.12 bits per heavy atom. The first-order valence-electron chi connectivity index (χ1n) is 9.09. The molecule has 7 nitrogen and oxygen atoms in total. The number of nitrogens with one attached hydrogen (secondary N) is 2. The van der Waals surface area contributed by atoms with Gasteiger partial charge in [-0.05, 0) is 51.1 Å². The molecule has 146 valence electrons. The molecule has 1 saturated heterocycles. The summed E-state index contributed by atoms with van der Waals surface area (Å²) in [5.74, 6) is -0.208. The van der Waals surface area contributed by atoms with Gasteiger partial charge < -0.3 is 15.4 Å². The van der Waals surface area contributed by atoms with E-state index in [4.69, 9.17) is 4.74 Å². The highest BCUT2D eigenvalue weighted by atomic mass is 32.2. The van der Waals surface area contributed by atoms with Gasteiger partial charge in [-0.1, -0.05) is 6.92 Å². The Kier molecular flexibility index (Phi) is 7.57. The summed E-state index contributed by atoms with van der Waals surface area (Å²) in [5, 5.41) is 6.02. The molecule has 1 heterocycles. The van der Waals surface area contributed by atoms with Crippen LogP contribution in [0.3, 0.4) is 0 Å². The number of benzene rings is 1. The Hall–Kier alpha value is -1.48. The molecular formula is C18H29N3O4S. The maximum atomic E-state index is 12.8. The highest BCUT2D eigenvalue weighted by Crippen LogP contribution is 2.21. The number of sulfonamides is 1. The molecule has 0 aliphatic carbocycles. The highest BCUT2D eigenvalue weighted by molar-refractivity contribution is 7.89. The van der Waals surface area contributed by atoms with Crippen LogP contribution in [-0.2, 0) is 14.8 Å². The van der Waals surface area contributed by atoms with E-state index in [1.807, 2.05) is 13.8 Å². The molecule has 2 unspecified atom stereocenters. The Morgan fingerprint density at radius 3 is 2.31 bits per heavy atom. The number of amides is 1. The van der Waals surface area contributed by atoms with Crippen molar-refractivity contribution in [3.63, 3.8) is 0 Å². The van der Waals surface area contributed by atoms with E-state index in [1.54, 1.807) is 12.1 Å². The predicted octanol–water partition coefficient (Wildman–Crippen LogP) is 1.21. The van der Waals surface area contributed by atoms with E-state index in [9.17, 15) is 13.2 Å². The third-order valence-electron chi connectivity index (χ3n) is 4.15. The molecule has 1 aliphatic heterocycles. The van der Waals surface area contributed by atoms with Crippen molar-refractivity contribution in [1.82, 2.24) is 14.9 Å². The number of carbonyl (C=O) groups excluding carboxylic acids is 1. The molecule has 1 amide bonds. The van der Waals surface area contributed by atoms with Gasteiger partial charge in [0.05, 0.1) is 17.1 Å². The van der Waals surface area contributed by atoms with Gasteiger partial charge >= 0.3 is 0 Å². The summed E-state index contributed by atoms with van der Waals surface area (Å²) in [6.45, 7) is 8.63. The molecule has 8 heteroatoms. The fourth-order valence-corrected chi connectivity index (χ4v) is 4.51. The number of nitrogens with zero attached hydrogens (tertiary/aromatic N) is 1. The summed E-state index contributed by atoms with van der Waals surface area (Å²) in [4.78, 5) is 12.3. The van der Waals surface area contributed by atoms with Gasteiger partial charge in [0.15, 0.2) is 0 Å². The van der Waals surface area contributed by atoms with E-state index in [0.717, 1.165) is 13.0 Å². The molecule has 0 bridgehead atoms. The second kappa shape index (κ2) is 9.45. The van der Waals surface area contributed by atoms with Crippen molar-refractivity contribution in [3.05, 3.63) is 29.8 Å². The Labute approximate surface area is 156 Å². The van der Waals surface area contributed by atoms with Crippen molar-refractivity contribution in [2.45, 2.75) is 44.3 Å². The first-order chi connectivity index (χ1) is 12.3. The Morgan fingerprint density at radius 2 is 1.73 bits per heavy atom. The average molecular weight is 384 g/mol. The van der Waals surface area contributed by atoms with Crippen LogP contribution in [0.4, 0.5) is 0 Å². The number of rotatable bonds is 8. The summed E-state index contributed by atoms with van der Waals surface area (Å²) >= 11 is 0. The fraction of sp³-hybridized carbons (Fsp3) is 0.611. The predicted molar refractivity (Wildman–Crippen MR) is 101 cm³/mol. The third kappa shape index (κ3) is 5.51. The molecule has 1 aromatic carbocycles. The monoisotopic (exact) mass is 383 g/mol. The van der Waals surface area contributed by atoms with Gasteiger partial charge in [0.2, 0.25) is 10.0 Å². The van der Waals surface area contributed by atoms with Crippen LogP contribution < -0.4 is 10.6 Å². The molecule has 1 aromatic rings. The molecule has 1 fully saturated rings. The molecule has 0 aromatic heterocycles. The van der Waals surface area contributed by atoms with Crippen molar-refractivity contribution in [3.8, 4) is 0 Å². The quantitative estimate of drug-likeness (QED) is 0.659. The number of carbonyl (C=O) groups is 1. The molecule has 0 spiro atoms. The molecular weight excluding hydrogens is 354 g/mol. The van der Waals surface area contributed by atoms with Crippen molar-refractivity contribution in [2.75, 3.05) is 32.7 Å². The van der Waals surface area contributed by atoms with Crippen LogP contribution in [0.25, 0.3) is 0 Å². The van der Waals surface area contributed by atoms with Crippen molar-refractivity contribution >= 4 is 15.9 Å². The standard InChI is InChI=1S/C18H29N3O4S/c1-4-9-19-10-11-20-18(22)16-5-7-17(8-6-16)26(23,24)21-12-14(2)25-15(3)13-21/h5-8,14-15,19H,4,9-13H2,1-3H3,(H,20,22). The summed E-state index contributed by atoms with van der Waals surface area (Å²) in [5.41, 5.74) is 0.447. The van der Waals surface area contributed by atoms with Gasteiger partial charge in [-0.3, -0.25) is 4.79 Å². The van der Waals surface area contributed by atoms with Crippen LogP contribution in [0.5, 0.6) is 0 Å². The van der Waals surface area contributed by atoms with Crippen LogP contribution in [-0.4, -0.2) is 63.6 Å². The van der Waals surface area contributed by atoms with E-state index >= 15 is 0 Å². The molecule has 1 aliphatic rings. The zero-order valence-electron chi connectivity index (χ0n) is 15.7. The molecule has 0 saturated carbocycles. The van der Waals surface area contributed by atoms with Crippen LogP contribution >= 0.6 is 0 Å². The first kappa shape index (κ1) is 20.8. The minimum Gasteiger partial charge on any atom is -0.373 e. The van der Waals surface area contributed by atoms with Crippen molar-refractivity contribution in [2.24, 2.45) is 0 Å². The normalized spacial score (nSPS) is 21.5. The van der Waals surface area contributed by atoms with E-state index in [-0.39, 0.29) is 23.0 Å². The lowest BCUT2D eigenvalue weighted by Crippen LogP contribution is -2.48. The van der Waals surface area contributed by atoms with Gasteiger partial charge in [0.25, 0.3) is 5.91 Å². The van der Waals surface area contributed by atoms with Gasteiger partial charge in [0, 0.05) is 31.7 Å². The van der Waals surface area contributed by atoms with Crippen LogP contribution in [0, 0.1) is 0 Å². The fourth-order valence-electron chi connectivity index (χ4n) is 2.92. The molecule has 0 radical (unpaired) electrons. The van der Waals surface area contributed by atoms with Gasteiger partial charge in [-0.2, -0.15) is 4.31 Å². The summed E-state index contributed by atoms with van der Waals surface area (Å²) < 4.78 is 32.6. The van der Waals surface area contributed by atoms with Crippen LogP contribution in [0.2, 0.25) is 0 Å². The van der Waals surface area contributed by atoms with E-state index in [1.165, 1.54) is 16.4 Å². The van der Waals surface area contributed by atoms with Gasteiger partial charge in [-0.25, -0.2) is 8.42 Å². The van der Waals surface area contributed by atoms with E-state index < -0.39 is 10.0 Å². The second-order valence-electron chi connectivity index (χ2n) is 6.61. The summed E-state index contributed by atoms with van der Waals surface area (Å²) in [6, 6.07) is 6.08. The van der Waals surface area contributed by atoms with Crippen LogP contribution in [0.15, 0.2) is 29.2 Å². The number of ether oxygens (including phenoxy) is 1. The SMILES string of the molecule is CCCNCCNC(=O)c1ccc(S(=O)(=O)N2CC(C)OC(C)C2)cc1. The van der Waals surface area contributed by atoms with E-state index in [0.29, 0.717) is 31.7 Å². The van der Waals surface area contributed by atoms with E-state index in [2.05, 4.69) is 17.6 Å². The van der Waals surface area contributed by atoms with Crippen LogP contribution in [0.1, 0.15) is 37.6 Å². The maximum absolute atomic E-state index is 12.8. The van der Waals surface area contributed by atoms with Crippen molar-refractivity contribution < 1.29 is 17.9 Å². The second-order valence-corrected chi connectivity index (χ2v) is 8.55. The number of hydrogen-bond acceptors (Lipinski definition) is 5. The molecule has 2 N–H and O–H groups in total. The Bertz CT molecular complexity index is 681. The lowest BCUT2D eigenvalue weighted by Gasteiger charge is -2.34. The molecule has 2 rings (SSSR count). The number of morpholine rings is 1. The van der Waals surface area contributed by atoms with Gasteiger partial charge in [0.1, 0.15) is 0 Å². The third-order valence-corrected chi connectivity index (χ3v) is 6.00. The lowest BCUT2D eigenvalue weighted by molar-refractivity contribution is -0.0440. The first-order valence-corrected chi connectivity index (χ1v) is 10.5. The number of hydrogen-bond donors (Lipinski definition) is 2. The minimum absolute atomic E-state index is 0.139. The highest BCUT2D eigenvalue weighted by Gasteiger charge is 2.32. The van der Waals surface area contributed by atoms with Crippen molar-refractivity contribution in [1.29, 1.82) is 0 Å².